The highest BCUT2D eigenvalue weighted by Gasteiger charge is 2.46. The maximum atomic E-state index is 13.4. The second kappa shape index (κ2) is 17.1. The summed E-state index contributed by atoms with van der Waals surface area (Å²) in [6, 6.07) is 5.76. The number of cyclic esters (lactones) is 1. The fraction of sp³-hybridized carbons (Fsp3) is 0.556. The van der Waals surface area contributed by atoms with Crippen LogP contribution in [0.2, 0.25) is 0 Å². The molecule has 0 aromatic heterocycles. The van der Waals surface area contributed by atoms with Crippen molar-refractivity contribution in [2.45, 2.75) is 96.4 Å². The SMILES string of the molecule is CC(C)(C)OC(=O)CC[C@@H](CO)NC(=O)CCNC(=O)C1=C[C@H]2OCO[C@H]2[C@H](OC(=O)c2ccccc2C=CC(=O)O[C@H]2C(=O)OCC2(C)C)C1. The molecule has 2 aliphatic heterocycles. The Morgan fingerprint density at radius 3 is 2.51 bits per heavy atom. The Hall–Kier alpha value is -4.60. The van der Waals surface area contributed by atoms with Crippen LogP contribution in [0.15, 0.2) is 42.0 Å². The molecule has 2 saturated heterocycles. The van der Waals surface area contributed by atoms with E-state index in [1.807, 2.05) is 0 Å². The molecule has 2 heterocycles. The van der Waals surface area contributed by atoms with Crippen LogP contribution in [0.5, 0.6) is 0 Å². The van der Waals surface area contributed by atoms with E-state index in [1.54, 1.807) is 58.9 Å². The van der Waals surface area contributed by atoms with Gasteiger partial charge in [0, 0.05) is 42.9 Å². The summed E-state index contributed by atoms with van der Waals surface area (Å²) in [6.07, 6.45) is 0.920. The van der Waals surface area contributed by atoms with Crippen molar-refractivity contribution in [2.75, 3.05) is 26.6 Å². The molecular formula is C36H46N2O13. The minimum absolute atomic E-state index is 0.00313. The highest BCUT2D eigenvalue weighted by Crippen LogP contribution is 2.32. The molecule has 3 aliphatic rings. The number of fused-ring (bicyclic) bond motifs is 1. The molecule has 1 aromatic carbocycles. The van der Waals surface area contributed by atoms with Crippen LogP contribution < -0.4 is 10.6 Å². The van der Waals surface area contributed by atoms with Crippen LogP contribution >= 0.6 is 0 Å². The average molecular weight is 715 g/mol. The highest BCUT2D eigenvalue weighted by molar-refractivity contribution is 5.97. The number of nitrogens with one attached hydrogen (secondary N) is 2. The van der Waals surface area contributed by atoms with Gasteiger partial charge in [-0.2, -0.15) is 0 Å². The molecule has 278 valence electrons. The highest BCUT2D eigenvalue weighted by atomic mass is 16.7. The van der Waals surface area contributed by atoms with E-state index < -0.39 is 77.2 Å². The van der Waals surface area contributed by atoms with Crippen LogP contribution in [0, 0.1) is 5.41 Å². The van der Waals surface area contributed by atoms with Gasteiger partial charge in [0.1, 0.15) is 37.3 Å². The predicted octanol–water partition coefficient (Wildman–Crippen LogP) is 1.90. The van der Waals surface area contributed by atoms with E-state index in [1.165, 1.54) is 12.1 Å². The largest absolute Gasteiger partial charge is 0.462 e. The number of hydrogen-bond donors (Lipinski definition) is 3. The first-order valence-electron chi connectivity index (χ1n) is 16.8. The third kappa shape index (κ3) is 11.2. The minimum atomic E-state index is -1.06. The van der Waals surface area contributed by atoms with Crippen LogP contribution in [0.4, 0.5) is 0 Å². The summed E-state index contributed by atoms with van der Waals surface area (Å²) in [6.45, 7) is 8.40. The fourth-order valence-electron chi connectivity index (χ4n) is 5.60. The Morgan fingerprint density at radius 1 is 1.08 bits per heavy atom. The Balaban J connectivity index is 1.30. The zero-order valence-corrected chi connectivity index (χ0v) is 29.4. The number of aliphatic hydroxyl groups is 1. The molecule has 2 amide bonds. The summed E-state index contributed by atoms with van der Waals surface area (Å²) in [7, 11) is 0. The van der Waals surface area contributed by atoms with Gasteiger partial charge in [-0.1, -0.05) is 32.0 Å². The third-order valence-corrected chi connectivity index (χ3v) is 8.21. The van der Waals surface area contributed by atoms with E-state index in [0.29, 0.717) is 5.56 Å². The number of carbonyl (C=O) groups excluding carboxylic acids is 6. The number of benzene rings is 1. The smallest absolute Gasteiger partial charge is 0.348 e. The van der Waals surface area contributed by atoms with Gasteiger partial charge in [0.05, 0.1) is 18.2 Å². The van der Waals surface area contributed by atoms with Crippen molar-refractivity contribution in [2.24, 2.45) is 5.41 Å². The summed E-state index contributed by atoms with van der Waals surface area (Å²) in [5, 5.41) is 15.0. The average Bonchev–Trinajstić information content (AvgIpc) is 3.65. The predicted molar refractivity (Wildman–Crippen MR) is 178 cm³/mol. The maximum Gasteiger partial charge on any atom is 0.348 e. The van der Waals surface area contributed by atoms with E-state index >= 15 is 0 Å². The molecule has 0 unspecified atom stereocenters. The first-order chi connectivity index (χ1) is 24.1. The van der Waals surface area contributed by atoms with Crippen molar-refractivity contribution in [1.29, 1.82) is 0 Å². The molecule has 0 saturated carbocycles. The quantitative estimate of drug-likeness (QED) is 0.143. The fourth-order valence-corrected chi connectivity index (χ4v) is 5.60. The van der Waals surface area contributed by atoms with Crippen LogP contribution in [0.25, 0.3) is 6.08 Å². The lowest BCUT2D eigenvalue weighted by molar-refractivity contribution is -0.159. The molecule has 5 atom stereocenters. The molecule has 15 heteroatoms. The third-order valence-electron chi connectivity index (χ3n) is 8.21. The summed E-state index contributed by atoms with van der Waals surface area (Å²) >= 11 is 0. The Morgan fingerprint density at radius 2 is 1.82 bits per heavy atom. The maximum absolute atomic E-state index is 13.4. The molecule has 0 radical (unpaired) electrons. The molecule has 51 heavy (non-hydrogen) atoms. The number of esters is 4. The van der Waals surface area contributed by atoms with Crippen LogP contribution in [-0.2, 0) is 52.4 Å². The van der Waals surface area contributed by atoms with Crippen molar-refractivity contribution < 1.29 is 62.3 Å². The molecule has 1 aliphatic carbocycles. The summed E-state index contributed by atoms with van der Waals surface area (Å²) in [5.74, 6) is -3.50. The lowest BCUT2D eigenvalue weighted by Crippen LogP contribution is -2.44. The number of rotatable bonds is 14. The minimum Gasteiger partial charge on any atom is -0.462 e. The van der Waals surface area contributed by atoms with Crippen molar-refractivity contribution in [3.63, 3.8) is 0 Å². The lowest BCUT2D eigenvalue weighted by atomic mass is 9.90. The van der Waals surface area contributed by atoms with Crippen molar-refractivity contribution >= 4 is 41.8 Å². The zero-order valence-electron chi connectivity index (χ0n) is 29.4. The van der Waals surface area contributed by atoms with Crippen LogP contribution in [0.1, 0.15) is 76.2 Å². The molecule has 2 fully saturated rings. The van der Waals surface area contributed by atoms with Crippen LogP contribution in [0.3, 0.4) is 0 Å². The summed E-state index contributed by atoms with van der Waals surface area (Å²) < 4.78 is 32.7. The van der Waals surface area contributed by atoms with Crippen molar-refractivity contribution in [1.82, 2.24) is 10.6 Å². The molecule has 1 aromatic rings. The normalized spacial score (nSPS) is 23.0. The molecule has 3 N–H and O–H groups in total. The van der Waals surface area contributed by atoms with E-state index in [-0.39, 0.29) is 63.4 Å². The number of aliphatic hydroxyl groups excluding tert-OH is 1. The number of ether oxygens (including phenoxy) is 6. The van der Waals surface area contributed by atoms with E-state index in [4.69, 9.17) is 28.4 Å². The number of amides is 2. The number of carbonyl (C=O) groups is 6. The molecular weight excluding hydrogens is 668 g/mol. The Kier molecular flexibility index (Phi) is 13.1. The second-order valence-electron chi connectivity index (χ2n) is 14.1. The Labute approximate surface area is 296 Å². The van der Waals surface area contributed by atoms with Gasteiger partial charge in [0.15, 0.2) is 0 Å². The van der Waals surface area contributed by atoms with Crippen molar-refractivity contribution in [3.8, 4) is 0 Å². The van der Waals surface area contributed by atoms with Gasteiger partial charge in [-0.05, 0) is 51.0 Å². The lowest BCUT2D eigenvalue weighted by Gasteiger charge is -2.30. The summed E-state index contributed by atoms with van der Waals surface area (Å²) in [5.41, 5.74) is -0.563. The van der Waals surface area contributed by atoms with Gasteiger partial charge in [-0.3, -0.25) is 14.4 Å². The van der Waals surface area contributed by atoms with Gasteiger partial charge in [-0.25, -0.2) is 14.4 Å². The zero-order chi connectivity index (χ0) is 37.3. The monoisotopic (exact) mass is 714 g/mol. The van der Waals surface area contributed by atoms with Gasteiger partial charge in [0.2, 0.25) is 17.9 Å². The topological polar surface area (TPSA) is 202 Å². The van der Waals surface area contributed by atoms with Gasteiger partial charge in [0.25, 0.3) is 0 Å². The Bertz CT molecular complexity index is 1540. The first-order valence-corrected chi connectivity index (χ1v) is 16.8. The molecule has 0 bridgehead atoms. The van der Waals surface area contributed by atoms with Crippen LogP contribution in [-0.4, -0.2) is 103 Å². The van der Waals surface area contributed by atoms with E-state index in [2.05, 4.69) is 10.6 Å². The molecule has 4 rings (SSSR count). The van der Waals surface area contributed by atoms with Gasteiger partial charge >= 0.3 is 23.9 Å². The van der Waals surface area contributed by atoms with E-state index in [9.17, 15) is 33.9 Å². The van der Waals surface area contributed by atoms with Gasteiger partial charge < -0.3 is 44.2 Å². The molecule has 15 nitrogen and oxygen atoms in total. The summed E-state index contributed by atoms with van der Waals surface area (Å²) in [4.78, 5) is 75.5. The standard InChI is InChI=1S/C36H46N2O13/c1-35(2,3)51-29(42)13-11-23(18-39)38-27(40)14-15-37-32(43)22-16-25-30(48-20-47-25)26(17-22)49-33(44)24-9-7-6-8-21(24)10-12-28(41)50-31-34(45)46-19-36(31,4)5/h6-10,12,16,23,25-26,30-31,39H,11,13-15,17-20H2,1-5H3,(H,37,43)(H,38,40)/t23-,25+,26+,30+,31-/m0/s1. The number of hydrogen-bond acceptors (Lipinski definition) is 13. The molecule has 0 spiro atoms. The first kappa shape index (κ1) is 39.2. The van der Waals surface area contributed by atoms with Gasteiger partial charge in [-0.15, -0.1) is 0 Å². The van der Waals surface area contributed by atoms with Crippen molar-refractivity contribution in [3.05, 3.63) is 53.1 Å². The van der Waals surface area contributed by atoms with E-state index in [0.717, 1.165) is 6.08 Å². The second-order valence-corrected chi connectivity index (χ2v) is 14.1.